The molecule has 1 saturated carbocycles. The predicted octanol–water partition coefficient (Wildman–Crippen LogP) is 5.08. The first-order chi connectivity index (χ1) is 35.6. The van der Waals surface area contributed by atoms with Crippen molar-refractivity contribution in [2.75, 3.05) is 54.6 Å². The minimum atomic E-state index is -1.84. The normalized spacial score (nSPS) is 38.8. The Morgan fingerprint density at radius 3 is 2.29 bits per heavy atom. The minimum Gasteiger partial charge on any atom is -0.477 e. The maximum atomic E-state index is 14.6. The van der Waals surface area contributed by atoms with E-state index in [1.54, 1.807) is 40.9 Å². The number of benzene rings is 1. The van der Waals surface area contributed by atoms with Gasteiger partial charge in [0.25, 0.3) is 0 Å². The first-order valence-corrected chi connectivity index (χ1v) is 27.4. The number of ether oxygens (including phenoxy) is 8. The molecule has 430 valence electrons. The Hall–Kier alpha value is -3.41. The Balaban J connectivity index is 1.19. The number of fused-ring (bicyclic) bond motifs is 1. The number of esters is 1. The lowest BCUT2D eigenvalue weighted by molar-refractivity contribution is -0.321. The summed E-state index contributed by atoms with van der Waals surface area (Å²) in [7, 11) is 7.19. The second-order valence-electron chi connectivity index (χ2n) is 23.5. The number of nitrogens with zero attached hydrogens (tertiary/aromatic N) is 3. The second-order valence-corrected chi connectivity index (χ2v) is 23.5. The highest BCUT2D eigenvalue weighted by atomic mass is 16.7. The first-order valence-electron chi connectivity index (χ1n) is 27.4. The molecule has 19 nitrogen and oxygen atoms in total. The van der Waals surface area contributed by atoms with Crippen molar-refractivity contribution in [3.8, 4) is 0 Å². The summed E-state index contributed by atoms with van der Waals surface area (Å²) in [5.41, 5.74) is -3.74. The van der Waals surface area contributed by atoms with Crippen molar-refractivity contribution in [3.05, 3.63) is 51.8 Å². The van der Waals surface area contributed by atoms with Gasteiger partial charge in [-0.1, -0.05) is 39.0 Å². The molecule has 0 bridgehead atoms. The number of aliphatic hydroxyl groups is 4. The van der Waals surface area contributed by atoms with Gasteiger partial charge in [0.2, 0.25) is 5.43 Å². The molecule has 19 heteroatoms. The Morgan fingerprint density at radius 2 is 1.66 bits per heavy atom. The van der Waals surface area contributed by atoms with Crippen LogP contribution in [0.3, 0.4) is 0 Å². The fraction of sp³-hybridized carbons (Fsp3) is 0.772. The van der Waals surface area contributed by atoms with E-state index in [0.29, 0.717) is 36.3 Å². The number of hydrogen-bond acceptors (Lipinski definition) is 17. The molecule has 1 aliphatic carbocycles. The van der Waals surface area contributed by atoms with E-state index in [0.717, 1.165) is 18.4 Å². The number of carbonyl (C=O) groups excluding carboxylic acids is 1. The Morgan fingerprint density at radius 1 is 0.961 bits per heavy atom. The fourth-order valence-electron chi connectivity index (χ4n) is 12.0. The highest BCUT2D eigenvalue weighted by Crippen LogP contribution is 2.41. The molecule has 1 aromatic heterocycles. The molecular formula is C57H91N3O16. The zero-order valence-electron chi connectivity index (χ0n) is 47.5. The maximum Gasteiger partial charge on any atom is 0.341 e. The van der Waals surface area contributed by atoms with Gasteiger partial charge in [-0.3, -0.25) is 9.59 Å². The SMILES string of the molecule is CC[C@H]1OC(=O)[C@H](C)[C@@H](OC2C[C@@](C)(OC)[C@@H](OCCOC/C=C/c3ccc4c(c3)c(=O)c(C(=O)O)cn4CC3CC3)[C@H](C)O2)[C@H](C)[C@@H](O[C@@H]2O[C@H](C)C[C@H](N(C)C)[C@H]2O)[C@](C)(O)C[C@@H](C)CN(C)[C@H](C)[C@H](O)[C@]1(C)O. The summed E-state index contributed by atoms with van der Waals surface area (Å²) in [4.78, 5) is 43.5. The lowest BCUT2D eigenvalue weighted by Gasteiger charge is -2.49. The number of cyclic esters (lactones) is 1. The van der Waals surface area contributed by atoms with Crippen LogP contribution in [0.15, 0.2) is 35.3 Å². The van der Waals surface area contributed by atoms with Gasteiger partial charge in [-0.15, -0.1) is 0 Å². The number of hydrogen-bond donors (Lipinski definition) is 5. The summed E-state index contributed by atoms with van der Waals surface area (Å²) in [6, 6.07) is 4.58. The Labute approximate surface area is 449 Å². The Kier molecular flexibility index (Phi) is 21.0. The van der Waals surface area contributed by atoms with E-state index in [2.05, 4.69) is 0 Å². The standard InChI is InChI=1S/C57H91N3O16/c1-15-44-57(10,68)49(63)36(6)59(13)29-32(2)27-55(8,67)50(76-54-47(62)43(58(11)12)25-33(3)72-54)34(4)48(35(5)53(66)74-44)75-45-28-56(9,69-14)51(37(7)73-45)71-24-23-70-22-16-17-38-20-21-42-40(26-38)46(61)41(52(64)65)31-60(42)30-39-18-19-39/h16-17,20-21,26,31-37,39,43-45,47-51,54,62-63,67-68H,15,18-19,22-25,27-30H2,1-14H3,(H,64,65)/b17-16+/t32-,33-,34+,35-,36-,37+,43+,44-,45?,47-,48+,49+,50-,51+,54+,55-,56-,57-/m1/s1. The number of aliphatic hydroxyl groups excluding tert-OH is 2. The summed E-state index contributed by atoms with van der Waals surface area (Å²) in [5.74, 6) is -3.50. The lowest BCUT2D eigenvalue weighted by Crippen LogP contribution is -2.61. The van der Waals surface area contributed by atoms with Crippen LogP contribution in [0.1, 0.15) is 124 Å². The van der Waals surface area contributed by atoms with E-state index in [1.165, 1.54) is 13.1 Å². The second kappa shape index (κ2) is 25.8. The molecule has 4 aliphatic rings. The number of pyridine rings is 1. The number of carbonyl (C=O) groups is 2. The van der Waals surface area contributed by atoms with Crippen LogP contribution in [0.4, 0.5) is 0 Å². The zero-order valence-corrected chi connectivity index (χ0v) is 47.5. The van der Waals surface area contributed by atoms with Gasteiger partial charge in [0.1, 0.15) is 35.6 Å². The number of carboxylic acids is 1. The summed E-state index contributed by atoms with van der Waals surface area (Å²) < 4.78 is 53.2. The molecule has 3 aliphatic heterocycles. The number of carboxylic acid groups (broad SMARTS) is 1. The Bertz CT molecular complexity index is 2340. The maximum absolute atomic E-state index is 14.6. The minimum absolute atomic E-state index is 0.159. The molecule has 0 radical (unpaired) electrons. The van der Waals surface area contributed by atoms with Crippen molar-refractivity contribution < 1.29 is 73.0 Å². The highest BCUT2D eigenvalue weighted by Gasteiger charge is 2.53. The van der Waals surface area contributed by atoms with Gasteiger partial charge >= 0.3 is 11.9 Å². The van der Waals surface area contributed by atoms with E-state index in [1.807, 2.05) is 94.4 Å². The van der Waals surface area contributed by atoms with Crippen molar-refractivity contribution in [1.82, 2.24) is 14.4 Å². The molecule has 1 aromatic carbocycles. The van der Waals surface area contributed by atoms with E-state index in [4.69, 9.17) is 37.9 Å². The molecule has 0 amide bonds. The van der Waals surface area contributed by atoms with Gasteiger partial charge in [-0.05, 0) is 131 Å². The van der Waals surface area contributed by atoms with E-state index < -0.39 is 107 Å². The molecule has 4 heterocycles. The van der Waals surface area contributed by atoms with Crippen LogP contribution < -0.4 is 5.43 Å². The molecule has 2 aromatic rings. The average Bonchev–Trinajstić information content (AvgIpc) is 4.19. The highest BCUT2D eigenvalue weighted by molar-refractivity contribution is 5.93. The van der Waals surface area contributed by atoms with Crippen molar-refractivity contribution in [2.45, 2.75) is 205 Å². The molecule has 5 N–H and O–H groups in total. The summed E-state index contributed by atoms with van der Waals surface area (Å²) in [6.45, 7) is 19.6. The predicted molar refractivity (Wildman–Crippen MR) is 286 cm³/mol. The molecule has 76 heavy (non-hydrogen) atoms. The lowest BCUT2D eigenvalue weighted by atomic mass is 9.77. The van der Waals surface area contributed by atoms with Crippen LogP contribution >= 0.6 is 0 Å². The van der Waals surface area contributed by atoms with Crippen molar-refractivity contribution in [3.63, 3.8) is 0 Å². The van der Waals surface area contributed by atoms with Crippen molar-refractivity contribution >= 4 is 28.9 Å². The third-order valence-electron chi connectivity index (χ3n) is 16.7. The molecule has 18 atom stereocenters. The van der Waals surface area contributed by atoms with E-state index in [9.17, 15) is 39.9 Å². The summed E-state index contributed by atoms with van der Waals surface area (Å²) in [6.07, 6.45) is -0.881. The van der Waals surface area contributed by atoms with Gasteiger partial charge in [0, 0.05) is 56.2 Å². The summed E-state index contributed by atoms with van der Waals surface area (Å²) >= 11 is 0. The van der Waals surface area contributed by atoms with Crippen LogP contribution in [0.2, 0.25) is 0 Å². The van der Waals surface area contributed by atoms with Crippen LogP contribution in [0, 0.1) is 23.7 Å². The topological polar surface area (TPSA) is 238 Å². The van der Waals surface area contributed by atoms with Crippen LogP contribution in [-0.4, -0.2) is 197 Å². The van der Waals surface area contributed by atoms with Gasteiger partial charge in [-0.25, -0.2) is 4.79 Å². The van der Waals surface area contributed by atoms with Gasteiger partial charge in [0.05, 0.1) is 66.9 Å². The van der Waals surface area contributed by atoms with E-state index in [-0.39, 0.29) is 62.7 Å². The zero-order chi connectivity index (χ0) is 56.2. The number of rotatable bonds is 17. The fourth-order valence-corrected chi connectivity index (χ4v) is 12.0. The average molecular weight is 1070 g/mol. The first kappa shape index (κ1) is 61.8. The molecule has 3 saturated heterocycles. The van der Waals surface area contributed by atoms with Gasteiger partial charge in [-0.2, -0.15) is 0 Å². The van der Waals surface area contributed by atoms with Crippen molar-refractivity contribution in [2.24, 2.45) is 23.7 Å². The number of aromatic carboxylic acids is 1. The van der Waals surface area contributed by atoms with Crippen molar-refractivity contribution in [1.29, 1.82) is 0 Å². The third kappa shape index (κ3) is 14.5. The third-order valence-corrected chi connectivity index (χ3v) is 16.7. The quantitative estimate of drug-likeness (QED) is 0.103. The molecule has 0 spiro atoms. The van der Waals surface area contributed by atoms with Crippen LogP contribution in [-0.2, 0) is 49.2 Å². The molecule has 6 rings (SSSR count). The largest absolute Gasteiger partial charge is 0.477 e. The van der Waals surface area contributed by atoms with E-state index >= 15 is 0 Å². The summed E-state index contributed by atoms with van der Waals surface area (Å²) in [5, 5.41) is 58.2. The number of methoxy groups -OCH3 is 1. The molecular weight excluding hydrogens is 983 g/mol. The smallest absolute Gasteiger partial charge is 0.341 e. The molecule has 4 fully saturated rings. The number of likely N-dealkylation sites (N-methyl/N-ethyl adjacent to an activating group) is 2. The molecule has 1 unspecified atom stereocenters. The van der Waals surface area contributed by atoms with Crippen LogP contribution in [0.25, 0.3) is 17.0 Å². The monoisotopic (exact) mass is 1070 g/mol. The van der Waals surface area contributed by atoms with Gasteiger partial charge < -0.3 is 77.8 Å². The van der Waals surface area contributed by atoms with Crippen LogP contribution in [0.5, 0.6) is 0 Å². The van der Waals surface area contributed by atoms with Gasteiger partial charge in [0.15, 0.2) is 12.6 Å². The number of aromatic nitrogens is 1.